The number of aliphatic hydroxyl groups excluding tert-OH is 1. The molecule has 9 heteroatoms. The van der Waals surface area contributed by atoms with E-state index in [1.807, 2.05) is 48.5 Å². The van der Waals surface area contributed by atoms with Gasteiger partial charge in [0.2, 0.25) is 0 Å². The van der Waals surface area contributed by atoms with Crippen molar-refractivity contribution in [3.63, 3.8) is 0 Å². The number of allylic oxidation sites excluding steroid dienone is 2. The molecule has 208 valence electrons. The van der Waals surface area contributed by atoms with Gasteiger partial charge in [0.05, 0.1) is 13.1 Å². The van der Waals surface area contributed by atoms with E-state index >= 15 is 0 Å². The van der Waals surface area contributed by atoms with Crippen LogP contribution < -0.4 is 15.5 Å². The van der Waals surface area contributed by atoms with Gasteiger partial charge in [-0.25, -0.2) is 9.59 Å². The zero-order chi connectivity index (χ0) is 28.6. The van der Waals surface area contributed by atoms with Crippen LogP contribution in [-0.2, 0) is 11.3 Å². The largest absolute Gasteiger partial charge is 0.479 e. The highest BCUT2D eigenvalue weighted by molar-refractivity contribution is 6.35. The third-order valence-electron chi connectivity index (χ3n) is 6.64. The van der Waals surface area contributed by atoms with Gasteiger partial charge < -0.3 is 20.8 Å². The normalized spacial score (nSPS) is 13.6. The summed E-state index contributed by atoms with van der Waals surface area (Å²) < 4.78 is 0. The molecule has 7 nitrogen and oxygen atoms in total. The Morgan fingerprint density at radius 1 is 0.975 bits per heavy atom. The van der Waals surface area contributed by atoms with E-state index in [0.717, 1.165) is 35.2 Å². The maximum absolute atomic E-state index is 13.5. The standard InChI is InChI=1S/C31H31Cl2N3O4/c1-20(34-18-29(37)30(38)39)22-9-7-21(8-10-22)19-36(31(40)35-27-16-25(32)15-26(33)17-27)28-13-11-24(12-14-28)23-5-3-2-4-6-23/h5,7-17,29,34,37H,1-4,6,18-19H2,(H,35,40)(H,38,39)/t29-/m1/s1. The van der Waals surface area contributed by atoms with Crippen LogP contribution in [0.5, 0.6) is 0 Å². The van der Waals surface area contributed by atoms with Gasteiger partial charge in [-0.15, -0.1) is 0 Å². The first kappa shape index (κ1) is 29.2. The molecule has 0 spiro atoms. The number of carboxylic acid groups (broad SMARTS) is 1. The van der Waals surface area contributed by atoms with Crippen molar-refractivity contribution in [3.05, 3.63) is 106 Å². The molecular formula is C31H31Cl2N3O4. The van der Waals surface area contributed by atoms with Gasteiger partial charge in [0, 0.05) is 27.1 Å². The number of aliphatic carboxylic acids is 1. The van der Waals surface area contributed by atoms with Gasteiger partial charge in [0.15, 0.2) is 6.10 Å². The third-order valence-corrected chi connectivity index (χ3v) is 7.07. The van der Waals surface area contributed by atoms with Crippen LogP contribution in [-0.4, -0.2) is 34.9 Å². The van der Waals surface area contributed by atoms with Gasteiger partial charge in [-0.05, 0) is 78.3 Å². The van der Waals surface area contributed by atoms with Crippen molar-refractivity contribution in [1.29, 1.82) is 0 Å². The average Bonchev–Trinajstić information content (AvgIpc) is 2.94. The summed E-state index contributed by atoms with van der Waals surface area (Å²) in [6, 6.07) is 19.9. The number of hydrogen-bond donors (Lipinski definition) is 4. The number of urea groups is 1. The molecule has 0 saturated heterocycles. The van der Waals surface area contributed by atoms with Gasteiger partial charge >= 0.3 is 12.0 Å². The lowest BCUT2D eigenvalue weighted by Gasteiger charge is -2.24. The molecular weight excluding hydrogens is 549 g/mol. The second-order valence-electron chi connectivity index (χ2n) is 9.61. The van der Waals surface area contributed by atoms with E-state index in [2.05, 4.69) is 23.3 Å². The molecule has 4 rings (SSSR count). The summed E-state index contributed by atoms with van der Waals surface area (Å²) in [5, 5.41) is 24.9. The molecule has 4 N–H and O–H groups in total. The number of carbonyl (C=O) groups is 2. The molecule has 0 fully saturated rings. The lowest BCUT2D eigenvalue weighted by atomic mass is 9.93. The summed E-state index contributed by atoms with van der Waals surface area (Å²) in [6.07, 6.45) is 5.31. The molecule has 1 aliphatic carbocycles. The molecule has 3 aromatic carbocycles. The summed E-state index contributed by atoms with van der Waals surface area (Å²) in [5.41, 5.74) is 5.78. The molecule has 0 aromatic heterocycles. The fourth-order valence-electron chi connectivity index (χ4n) is 4.46. The van der Waals surface area contributed by atoms with E-state index in [0.29, 0.717) is 21.4 Å². The van der Waals surface area contributed by atoms with E-state index in [9.17, 15) is 14.7 Å². The van der Waals surface area contributed by atoms with Crippen molar-refractivity contribution >= 4 is 57.8 Å². The van der Waals surface area contributed by atoms with Crippen LogP contribution in [0.15, 0.2) is 79.4 Å². The first-order valence-electron chi connectivity index (χ1n) is 13.0. The maximum Gasteiger partial charge on any atom is 0.334 e. The molecule has 0 aliphatic heterocycles. The average molecular weight is 581 g/mol. The third kappa shape index (κ3) is 7.88. The Labute approximate surface area is 243 Å². The smallest absolute Gasteiger partial charge is 0.334 e. The van der Waals surface area contributed by atoms with Crippen molar-refractivity contribution in [2.45, 2.75) is 38.3 Å². The number of nitrogens with zero attached hydrogens (tertiary/aromatic N) is 1. The molecule has 0 saturated carbocycles. The molecule has 0 unspecified atom stereocenters. The summed E-state index contributed by atoms with van der Waals surface area (Å²) in [4.78, 5) is 26.0. The first-order chi connectivity index (χ1) is 19.2. The molecule has 3 aromatic rings. The van der Waals surface area contributed by atoms with E-state index < -0.39 is 12.1 Å². The topological polar surface area (TPSA) is 102 Å². The van der Waals surface area contributed by atoms with E-state index in [4.69, 9.17) is 28.3 Å². The quantitative estimate of drug-likeness (QED) is 0.203. The molecule has 40 heavy (non-hydrogen) atoms. The Morgan fingerprint density at radius 3 is 2.25 bits per heavy atom. The number of anilines is 2. The Hall–Kier alpha value is -3.78. The summed E-state index contributed by atoms with van der Waals surface area (Å²) >= 11 is 12.3. The number of benzene rings is 3. The van der Waals surface area contributed by atoms with E-state index in [-0.39, 0.29) is 19.1 Å². The fourth-order valence-corrected chi connectivity index (χ4v) is 4.98. The minimum Gasteiger partial charge on any atom is -0.479 e. The van der Waals surface area contributed by atoms with Gasteiger partial charge in [-0.1, -0.05) is 72.3 Å². The van der Waals surface area contributed by atoms with Gasteiger partial charge in [0.25, 0.3) is 0 Å². The number of carbonyl (C=O) groups excluding carboxylic acids is 1. The molecule has 0 heterocycles. The summed E-state index contributed by atoms with van der Waals surface area (Å²) in [7, 11) is 0. The monoisotopic (exact) mass is 579 g/mol. The van der Waals surface area contributed by atoms with Crippen LogP contribution >= 0.6 is 23.2 Å². The Kier molecular flexibility index (Phi) is 9.88. The summed E-state index contributed by atoms with van der Waals surface area (Å²) in [6.45, 7) is 4.03. The Morgan fingerprint density at radius 2 is 1.65 bits per heavy atom. The zero-order valence-corrected chi connectivity index (χ0v) is 23.4. The lowest BCUT2D eigenvalue weighted by molar-refractivity contribution is -0.146. The van der Waals surface area contributed by atoms with Crippen molar-refractivity contribution < 1.29 is 19.8 Å². The Balaban J connectivity index is 1.54. The number of halogens is 2. The van der Waals surface area contributed by atoms with Crippen LogP contribution in [0, 0.1) is 0 Å². The molecule has 2 amide bonds. The minimum absolute atomic E-state index is 0.162. The fraction of sp³-hybridized carbons (Fsp3) is 0.226. The Bertz CT molecular complexity index is 1380. The van der Waals surface area contributed by atoms with Gasteiger partial charge in [-0.2, -0.15) is 0 Å². The van der Waals surface area contributed by atoms with E-state index in [1.54, 1.807) is 23.1 Å². The second kappa shape index (κ2) is 13.5. The zero-order valence-electron chi connectivity index (χ0n) is 21.9. The van der Waals surface area contributed by atoms with Gasteiger partial charge in [-0.3, -0.25) is 4.90 Å². The van der Waals surface area contributed by atoms with Crippen LogP contribution in [0.4, 0.5) is 16.2 Å². The number of carboxylic acids is 1. The number of aliphatic hydroxyl groups is 1. The summed E-state index contributed by atoms with van der Waals surface area (Å²) in [5.74, 6) is -1.31. The highest BCUT2D eigenvalue weighted by Gasteiger charge is 2.18. The SMILES string of the molecule is C=C(NC[C@@H](O)C(=O)O)c1ccc(CN(C(=O)Nc2cc(Cl)cc(Cl)c2)c2ccc(C3=CCCCC3)cc2)cc1. The van der Waals surface area contributed by atoms with E-state index in [1.165, 1.54) is 18.4 Å². The molecule has 0 bridgehead atoms. The van der Waals surface area contributed by atoms with Crippen LogP contribution in [0.3, 0.4) is 0 Å². The first-order valence-corrected chi connectivity index (χ1v) is 13.7. The lowest BCUT2D eigenvalue weighted by Crippen LogP contribution is -2.34. The van der Waals surface area contributed by atoms with Crippen molar-refractivity contribution in [1.82, 2.24) is 5.32 Å². The predicted octanol–water partition coefficient (Wildman–Crippen LogP) is 7.20. The molecule has 0 radical (unpaired) electrons. The second-order valence-corrected chi connectivity index (χ2v) is 10.5. The van der Waals surface area contributed by atoms with Crippen molar-refractivity contribution in [3.8, 4) is 0 Å². The number of rotatable bonds is 10. The number of amides is 2. The molecule has 1 atom stereocenters. The number of hydrogen-bond acceptors (Lipinski definition) is 4. The predicted molar refractivity (Wildman–Crippen MR) is 162 cm³/mol. The highest BCUT2D eigenvalue weighted by Crippen LogP contribution is 2.29. The van der Waals surface area contributed by atoms with Crippen LogP contribution in [0.25, 0.3) is 11.3 Å². The van der Waals surface area contributed by atoms with Crippen LogP contribution in [0.1, 0.15) is 42.4 Å². The minimum atomic E-state index is -1.53. The van der Waals surface area contributed by atoms with Gasteiger partial charge in [0.1, 0.15) is 0 Å². The maximum atomic E-state index is 13.5. The van der Waals surface area contributed by atoms with Crippen LogP contribution in [0.2, 0.25) is 10.0 Å². The number of nitrogens with one attached hydrogen (secondary N) is 2. The molecule has 1 aliphatic rings. The highest BCUT2D eigenvalue weighted by atomic mass is 35.5. The van der Waals surface area contributed by atoms with Crippen molar-refractivity contribution in [2.75, 3.05) is 16.8 Å². The van der Waals surface area contributed by atoms with Crippen molar-refractivity contribution in [2.24, 2.45) is 0 Å².